The Hall–Kier alpha value is -2.25. The number of nitrogens with zero attached hydrogens (tertiary/aromatic N) is 4. The zero-order valence-electron chi connectivity index (χ0n) is 12.5. The highest BCUT2D eigenvalue weighted by molar-refractivity contribution is 5.90. The maximum atomic E-state index is 9.90. The number of hydrogen-bond donors (Lipinski definition) is 3. The van der Waals surface area contributed by atoms with Gasteiger partial charge in [0.25, 0.3) is 0 Å². The second kappa shape index (κ2) is 6.47. The summed E-state index contributed by atoms with van der Waals surface area (Å²) in [6.45, 7) is -0.0122. The van der Waals surface area contributed by atoms with E-state index in [0.29, 0.717) is 16.7 Å². The van der Waals surface area contributed by atoms with E-state index in [4.69, 9.17) is 15.2 Å². The summed E-state index contributed by atoms with van der Waals surface area (Å²) in [7, 11) is 1.55. The van der Waals surface area contributed by atoms with E-state index in [1.807, 2.05) is 0 Å². The van der Waals surface area contributed by atoms with E-state index in [2.05, 4.69) is 26.9 Å². The van der Waals surface area contributed by atoms with Crippen molar-refractivity contribution in [1.82, 2.24) is 19.7 Å². The second-order valence-electron chi connectivity index (χ2n) is 5.10. The van der Waals surface area contributed by atoms with Crippen LogP contribution in [0.5, 0.6) is 0 Å². The fraction of sp³-hybridized carbons (Fsp3) is 0.500. The van der Waals surface area contributed by atoms with E-state index >= 15 is 0 Å². The molecule has 1 fully saturated rings. The lowest BCUT2D eigenvalue weighted by atomic mass is 10.2. The molecule has 3 atom stereocenters. The molecule has 3 rings (SSSR count). The minimum atomic E-state index is -0.772. The molecule has 3 unspecified atom stereocenters. The molecule has 122 valence electrons. The van der Waals surface area contributed by atoms with Crippen LogP contribution < -0.4 is 5.73 Å². The molecule has 1 aliphatic heterocycles. The van der Waals surface area contributed by atoms with Crippen molar-refractivity contribution in [3.05, 3.63) is 12.0 Å². The Kier molecular flexibility index (Phi) is 4.40. The number of ether oxygens (including phenoxy) is 2. The van der Waals surface area contributed by atoms with E-state index in [9.17, 15) is 10.2 Å². The number of methoxy groups -OCH3 is 1. The molecule has 9 heteroatoms. The minimum absolute atomic E-state index is 0.257. The first-order chi connectivity index (χ1) is 11.2. The molecule has 9 nitrogen and oxygen atoms in total. The number of rotatable bonds is 3. The Morgan fingerprint density at radius 3 is 3.04 bits per heavy atom. The normalized spacial score (nSPS) is 23.9. The van der Waals surface area contributed by atoms with Gasteiger partial charge in [0, 0.05) is 13.5 Å². The Morgan fingerprint density at radius 1 is 1.52 bits per heavy atom. The molecule has 0 spiro atoms. The van der Waals surface area contributed by atoms with E-state index in [1.54, 1.807) is 7.11 Å². The molecule has 0 aromatic carbocycles. The first-order valence-corrected chi connectivity index (χ1v) is 7.06. The zero-order valence-corrected chi connectivity index (χ0v) is 12.5. The van der Waals surface area contributed by atoms with Gasteiger partial charge in [-0.1, -0.05) is 5.92 Å². The van der Waals surface area contributed by atoms with Gasteiger partial charge in [-0.3, -0.25) is 0 Å². The van der Waals surface area contributed by atoms with Gasteiger partial charge in [-0.05, 0) is 5.92 Å². The molecular weight excluding hydrogens is 302 g/mol. The second-order valence-corrected chi connectivity index (χ2v) is 5.10. The fourth-order valence-corrected chi connectivity index (χ4v) is 2.50. The Balaban J connectivity index is 2.05. The summed E-state index contributed by atoms with van der Waals surface area (Å²) in [4.78, 5) is 8.16. The number of anilines is 1. The van der Waals surface area contributed by atoms with Crippen molar-refractivity contribution >= 4 is 16.9 Å². The largest absolute Gasteiger partial charge is 0.394 e. The Labute approximate surface area is 132 Å². The SMILES string of the molecule is COCC#Cc1nn(C2CC(O)C(CO)O2)c2ncnc(N)c12. The molecule has 23 heavy (non-hydrogen) atoms. The summed E-state index contributed by atoms with van der Waals surface area (Å²) in [5, 5.41) is 24.0. The first-order valence-electron chi connectivity index (χ1n) is 7.06. The number of nitrogens with two attached hydrogens (primary N) is 1. The summed E-state index contributed by atoms with van der Waals surface area (Å²) in [5.41, 5.74) is 6.81. The number of fused-ring (bicyclic) bond motifs is 1. The number of aliphatic hydroxyl groups excluding tert-OH is 2. The molecule has 0 radical (unpaired) electrons. The third-order valence-corrected chi connectivity index (χ3v) is 3.60. The highest BCUT2D eigenvalue weighted by atomic mass is 16.5. The molecule has 0 bridgehead atoms. The molecule has 0 amide bonds. The first kappa shape index (κ1) is 15.6. The van der Waals surface area contributed by atoms with Crippen molar-refractivity contribution in [3.63, 3.8) is 0 Å². The van der Waals surface area contributed by atoms with Crippen LogP contribution in [0.25, 0.3) is 11.0 Å². The summed E-state index contributed by atoms with van der Waals surface area (Å²) in [6.07, 6.45) is -0.363. The van der Waals surface area contributed by atoms with E-state index in [0.717, 1.165) is 0 Å². The average Bonchev–Trinajstić information content (AvgIpc) is 3.09. The highest BCUT2D eigenvalue weighted by Crippen LogP contribution is 2.32. The predicted octanol–water partition coefficient (Wildman–Crippen LogP) is -0.953. The van der Waals surface area contributed by atoms with Crippen LogP contribution in [-0.4, -0.2) is 62.5 Å². The standard InChI is InChI=1S/C14H17N5O4/c1-22-4-2-3-8-12-13(15)16-7-17-14(12)19(18-8)11-5-9(21)10(6-20)23-11/h7,9-11,20-21H,4-6H2,1H3,(H2,15,16,17). The summed E-state index contributed by atoms with van der Waals surface area (Å²) < 4.78 is 12.0. The molecule has 0 saturated carbocycles. The molecule has 3 heterocycles. The van der Waals surface area contributed by atoms with Crippen molar-refractivity contribution in [2.45, 2.75) is 24.9 Å². The lowest BCUT2D eigenvalue weighted by Crippen LogP contribution is -2.24. The number of nitrogen functional groups attached to an aromatic ring is 1. The zero-order chi connectivity index (χ0) is 16.4. The van der Waals surface area contributed by atoms with Crippen molar-refractivity contribution in [1.29, 1.82) is 0 Å². The van der Waals surface area contributed by atoms with Gasteiger partial charge in [-0.2, -0.15) is 5.10 Å². The Bertz CT molecular complexity index is 766. The monoisotopic (exact) mass is 319 g/mol. The molecule has 0 aliphatic carbocycles. The molecule has 1 saturated heterocycles. The van der Waals surface area contributed by atoms with Crippen molar-refractivity contribution < 1.29 is 19.7 Å². The van der Waals surface area contributed by atoms with Crippen molar-refractivity contribution in [2.75, 3.05) is 26.1 Å². The third kappa shape index (κ3) is 2.85. The quantitative estimate of drug-likeness (QED) is 0.618. The van der Waals surface area contributed by atoms with Gasteiger partial charge in [-0.15, -0.1) is 0 Å². The van der Waals surface area contributed by atoms with Gasteiger partial charge in [0.2, 0.25) is 0 Å². The molecule has 2 aromatic rings. The van der Waals surface area contributed by atoms with Crippen LogP contribution in [0.2, 0.25) is 0 Å². The predicted molar refractivity (Wildman–Crippen MR) is 80.1 cm³/mol. The van der Waals surface area contributed by atoms with Crippen LogP contribution in [0.1, 0.15) is 18.3 Å². The van der Waals surface area contributed by atoms with Gasteiger partial charge >= 0.3 is 0 Å². The van der Waals surface area contributed by atoms with Gasteiger partial charge in [0.05, 0.1) is 18.1 Å². The molecule has 1 aliphatic rings. The smallest absolute Gasteiger partial charge is 0.167 e. The summed E-state index contributed by atoms with van der Waals surface area (Å²) >= 11 is 0. The maximum Gasteiger partial charge on any atom is 0.167 e. The number of hydrogen-bond acceptors (Lipinski definition) is 8. The van der Waals surface area contributed by atoms with Gasteiger partial charge in [0.15, 0.2) is 11.9 Å². The lowest BCUT2D eigenvalue weighted by Gasteiger charge is -2.12. The van der Waals surface area contributed by atoms with Crippen LogP contribution >= 0.6 is 0 Å². The molecule has 2 aromatic heterocycles. The summed E-state index contributed by atoms with van der Waals surface area (Å²) in [6, 6.07) is 0. The van der Waals surface area contributed by atoms with E-state index in [1.165, 1.54) is 11.0 Å². The number of aliphatic hydroxyl groups is 2. The number of aromatic nitrogens is 4. The van der Waals surface area contributed by atoms with E-state index < -0.39 is 18.4 Å². The fourth-order valence-electron chi connectivity index (χ4n) is 2.50. The lowest BCUT2D eigenvalue weighted by molar-refractivity contribution is -0.0470. The Morgan fingerprint density at radius 2 is 2.35 bits per heavy atom. The van der Waals surface area contributed by atoms with Crippen LogP contribution in [0.15, 0.2) is 6.33 Å². The van der Waals surface area contributed by atoms with Crippen LogP contribution in [0, 0.1) is 11.8 Å². The maximum absolute atomic E-state index is 9.90. The van der Waals surface area contributed by atoms with Crippen LogP contribution in [-0.2, 0) is 9.47 Å². The van der Waals surface area contributed by atoms with Gasteiger partial charge < -0.3 is 25.4 Å². The average molecular weight is 319 g/mol. The third-order valence-electron chi connectivity index (χ3n) is 3.60. The van der Waals surface area contributed by atoms with Gasteiger partial charge in [-0.25, -0.2) is 14.6 Å². The van der Waals surface area contributed by atoms with Crippen LogP contribution in [0.4, 0.5) is 5.82 Å². The molecule has 4 N–H and O–H groups in total. The van der Waals surface area contributed by atoms with E-state index in [-0.39, 0.29) is 25.5 Å². The van der Waals surface area contributed by atoms with Crippen molar-refractivity contribution in [2.24, 2.45) is 0 Å². The van der Waals surface area contributed by atoms with Crippen molar-refractivity contribution in [3.8, 4) is 11.8 Å². The van der Waals surface area contributed by atoms with Gasteiger partial charge in [0.1, 0.15) is 30.5 Å². The topological polar surface area (TPSA) is 129 Å². The molecular formula is C14H17N5O4. The minimum Gasteiger partial charge on any atom is -0.394 e. The summed E-state index contributed by atoms with van der Waals surface area (Å²) in [5.74, 6) is 5.95. The highest BCUT2D eigenvalue weighted by Gasteiger charge is 2.36. The van der Waals surface area contributed by atoms with Crippen LogP contribution in [0.3, 0.4) is 0 Å².